The van der Waals surface area contributed by atoms with Gasteiger partial charge >= 0.3 is 6.03 Å². The number of anilines is 5. The number of aryl methyl sites for hydroxylation is 1. The summed E-state index contributed by atoms with van der Waals surface area (Å²) in [7, 11) is 3.74. The Bertz CT molecular complexity index is 1110. The van der Waals surface area contributed by atoms with Gasteiger partial charge in [0.25, 0.3) is 0 Å². The van der Waals surface area contributed by atoms with Crippen LogP contribution in [0, 0.1) is 6.92 Å². The predicted octanol–water partition coefficient (Wildman–Crippen LogP) is 3.93. The van der Waals surface area contributed by atoms with Crippen molar-refractivity contribution in [3.8, 4) is 5.75 Å². The first-order valence-electron chi connectivity index (χ1n) is 10.9. The van der Waals surface area contributed by atoms with Gasteiger partial charge in [-0.15, -0.1) is 0 Å². The number of likely N-dealkylation sites (N-methyl/N-ethyl adjacent to an activating group) is 1. The van der Waals surface area contributed by atoms with E-state index in [4.69, 9.17) is 4.74 Å². The van der Waals surface area contributed by atoms with Crippen LogP contribution >= 0.6 is 0 Å². The Balaban J connectivity index is 1.40. The molecule has 1 aliphatic rings. The molecule has 0 unspecified atom stereocenters. The van der Waals surface area contributed by atoms with Gasteiger partial charge in [0.05, 0.1) is 7.11 Å². The maximum atomic E-state index is 12.5. The standard InChI is InChI=1S/C24H29N7O2/c1-17-7-8-20(33-3)14-21(17)28-24(32)29-23-15-22(25-16-26-23)27-18-5-4-6-19(13-18)31-11-9-30(2)10-12-31/h4-8,13-16H,9-12H2,1-3H3,(H3,25,26,27,28,29,32). The van der Waals surface area contributed by atoms with Gasteiger partial charge in [0, 0.05) is 55.4 Å². The normalized spacial score (nSPS) is 14.0. The smallest absolute Gasteiger partial charge is 0.324 e. The maximum Gasteiger partial charge on any atom is 0.324 e. The molecule has 33 heavy (non-hydrogen) atoms. The summed E-state index contributed by atoms with van der Waals surface area (Å²) in [5.41, 5.74) is 3.69. The number of ether oxygens (including phenoxy) is 1. The van der Waals surface area contributed by atoms with Gasteiger partial charge < -0.3 is 25.2 Å². The summed E-state index contributed by atoms with van der Waals surface area (Å²) < 4.78 is 5.23. The zero-order valence-corrected chi connectivity index (χ0v) is 19.1. The van der Waals surface area contributed by atoms with Gasteiger partial charge in [-0.1, -0.05) is 12.1 Å². The van der Waals surface area contributed by atoms with E-state index in [-0.39, 0.29) is 0 Å². The minimum absolute atomic E-state index is 0.390. The lowest BCUT2D eigenvalue weighted by Gasteiger charge is -2.34. The first-order chi connectivity index (χ1) is 16.0. The average molecular weight is 448 g/mol. The summed E-state index contributed by atoms with van der Waals surface area (Å²) in [6.45, 7) is 6.02. The Morgan fingerprint density at radius 3 is 2.55 bits per heavy atom. The molecule has 9 heteroatoms. The third-order valence-electron chi connectivity index (χ3n) is 5.59. The number of benzene rings is 2. The van der Waals surface area contributed by atoms with Crippen LogP contribution in [0.3, 0.4) is 0 Å². The first-order valence-corrected chi connectivity index (χ1v) is 10.9. The minimum atomic E-state index is -0.395. The third-order valence-corrected chi connectivity index (χ3v) is 5.59. The van der Waals surface area contributed by atoms with Crippen molar-refractivity contribution in [3.63, 3.8) is 0 Å². The minimum Gasteiger partial charge on any atom is -0.497 e. The fraction of sp³-hybridized carbons (Fsp3) is 0.292. The highest BCUT2D eigenvalue weighted by molar-refractivity contribution is 6.00. The van der Waals surface area contributed by atoms with E-state index < -0.39 is 6.03 Å². The highest BCUT2D eigenvalue weighted by Crippen LogP contribution is 2.24. The first kappa shape index (κ1) is 22.3. The molecule has 0 saturated carbocycles. The number of hydrogen-bond acceptors (Lipinski definition) is 7. The molecule has 0 spiro atoms. The summed E-state index contributed by atoms with van der Waals surface area (Å²) in [4.78, 5) is 25.6. The fourth-order valence-electron chi connectivity index (χ4n) is 3.62. The second-order valence-corrected chi connectivity index (χ2v) is 8.01. The van der Waals surface area contributed by atoms with Crippen molar-refractivity contribution < 1.29 is 9.53 Å². The number of methoxy groups -OCH3 is 1. The molecule has 1 fully saturated rings. The second-order valence-electron chi connectivity index (χ2n) is 8.01. The zero-order chi connectivity index (χ0) is 23.2. The summed E-state index contributed by atoms with van der Waals surface area (Å²) in [5.74, 6) is 1.65. The molecule has 3 aromatic rings. The van der Waals surface area contributed by atoms with E-state index in [1.165, 1.54) is 12.0 Å². The van der Waals surface area contributed by atoms with Crippen LogP contribution in [0.25, 0.3) is 0 Å². The largest absolute Gasteiger partial charge is 0.497 e. The molecule has 0 bridgehead atoms. The van der Waals surface area contributed by atoms with Gasteiger partial charge in [-0.05, 0) is 43.8 Å². The van der Waals surface area contributed by atoms with Crippen molar-refractivity contribution in [2.75, 3.05) is 61.2 Å². The van der Waals surface area contributed by atoms with Crippen LogP contribution in [0.15, 0.2) is 54.9 Å². The number of aromatic nitrogens is 2. The third kappa shape index (κ3) is 5.89. The number of hydrogen-bond donors (Lipinski definition) is 3. The number of amides is 2. The van der Waals surface area contributed by atoms with Crippen LogP contribution in [0.4, 0.5) is 33.5 Å². The lowest BCUT2D eigenvalue weighted by molar-refractivity contribution is 0.262. The molecule has 172 valence electrons. The van der Waals surface area contributed by atoms with Crippen molar-refractivity contribution in [2.45, 2.75) is 6.92 Å². The highest BCUT2D eigenvalue weighted by atomic mass is 16.5. The number of urea groups is 1. The van der Waals surface area contributed by atoms with E-state index in [9.17, 15) is 4.79 Å². The number of carbonyl (C=O) groups excluding carboxylic acids is 1. The van der Waals surface area contributed by atoms with E-state index >= 15 is 0 Å². The highest BCUT2D eigenvalue weighted by Gasteiger charge is 2.14. The number of nitrogens with one attached hydrogen (secondary N) is 3. The molecule has 9 nitrogen and oxygen atoms in total. The lowest BCUT2D eigenvalue weighted by Crippen LogP contribution is -2.44. The molecule has 0 atom stereocenters. The van der Waals surface area contributed by atoms with Gasteiger partial charge in [-0.3, -0.25) is 5.32 Å². The van der Waals surface area contributed by atoms with E-state index in [1.807, 2.05) is 31.2 Å². The van der Waals surface area contributed by atoms with E-state index in [1.54, 1.807) is 19.2 Å². The van der Waals surface area contributed by atoms with Crippen LogP contribution in [0.5, 0.6) is 5.75 Å². The summed E-state index contributed by atoms with van der Waals surface area (Å²) in [6.07, 6.45) is 1.42. The molecule has 0 aliphatic carbocycles. The van der Waals surface area contributed by atoms with Gasteiger partial charge in [0.2, 0.25) is 0 Å². The summed E-state index contributed by atoms with van der Waals surface area (Å²) in [6, 6.07) is 15.1. The van der Waals surface area contributed by atoms with E-state index in [0.717, 1.165) is 37.4 Å². The van der Waals surface area contributed by atoms with E-state index in [2.05, 4.69) is 54.9 Å². The summed E-state index contributed by atoms with van der Waals surface area (Å²) >= 11 is 0. The van der Waals surface area contributed by atoms with Gasteiger partial charge in [0.1, 0.15) is 23.7 Å². The van der Waals surface area contributed by atoms with Crippen molar-refractivity contribution in [1.82, 2.24) is 14.9 Å². The molecule has 1 aromatic heterocycles. The molecule has 1 aliphatic heterocycles. The monoisotopic (exact) mass is 447 g/mol. The molecule has 3 N–H and O–H groups in total. The molecule has 2 heterocycles. The Kier molecular flexibility index (Phi) is 6.89. The fourth-order valence-corrected chi connectivity index (χ4v) is 3.62. The van der Waals surface area contributed by atoms with Crippen LogP contribution in [0.1, 0.15) is 5.56 Å². The zero-order valence-electron chi connectivity index (χ0n) is 19.1. The summed E-state index contributed by atoms with van der Waals surface area (Å²) in [5, 5.41) is 8.89. The Morgan fingerprint density at radius 1 is 0.970 bits per heavy atom. The van der Waals surface area contributed by atoms with Crippen LogP contribution < -0.4 is 25.6 Å². The molecule has 2 amide bonds. The van der Waals surface area contributed by atoms with Crippen LogP contribution in [0.2, 0.25) is 0 Å². The quantitative estimate of drug-likeness (QED) is 0.527. The lowest BCUT2D eigenvalue weighted by atomic mass is 10.2. The molecule has 4 rings (SSSR count). The SMILES string of the molecule is COc1ccc(C)c(NC(=O)Nc2cc(Nc3cccc(N4CCN(C)CC4)c3)ncn2)c1. The Labute approximate surface area is 193 Å². The van der Waals surface area contributed by atoms with Gasteiger partial charge in [-0.2, -0.15) is 0 Å². The number of carbonyl (C=O) groups is 1. The topological polar surface area (TPSA) is 94.6 Å². The van der Waals surface area contributed by atoms with Crippen molar-refractivity contribution in [1.29, 1.82) is 0 Å². The Hall–Kier alpha value is -3.85. The van der Waals surface area contributed by atoms with Crippen molar-refractivity contribution >= 4 is 34.7 Å². The van der Waals surface area contributed by atoms with Gasteiger partial charge in [-0.25, -0.2) is 14.8 Å². The Morgan fingerprint density at radius 2 is 1.76 bits per heavy atom. The number of nitrogens with zero attached hydrogens (tertiary/aromatic N) is 4. The van der Waals surface area contributed by atoms with E-state index in [0.29, 0.717) is 23.1 Å². The van der Waals surface area contributed by atoms with Crippen molar-refractivity contribution in [2.24, 2.45) is 0 Å². The second kappa shape index (κ2) is 10.2. The van der Waals surface area contributed by atoms with Crippen LogP contribution in [-0.2, 0) is 0 Å². The maximum absolute atomic E-state index is 12.5. The average Bonchev–Trinajstić information content (AvgIpc) is 2.81. The number of rotatable bonds is 6. The van der Waals surface area contributed by atoms with Crippen molar-refractivity contribution in [3.05, 3.63) is 60.4 Å². The number of piperazine rings is 1. The molecular formula is C24H29N7O2. The predicted molar refractivity (Wildman–Crippen MR) is 132 cm³/mol. The van der Waals surface area contributed by atoms with Gasteiger partial charge in [0.15, 0.2) is 0 Å². The molecule has 1 saturated heterocycles. The molecule has 2 aromatic carbocycles. The molecular weight excluding hydrogens is 418 g/mol. The molecule has 0 radical (unpaired) electrons. The van der Waals surface area contributed by atoms with Crippen LogP contribution in [-0.4, -0.2) is 61.2 Å².